The number of esters is 1. The Hall–Kier alpha value is -1.66. The molecule has 0 fully saturated rings. The number of rotatable bonds is 5. The maximum Gasteiger partial charge on any atom is 0.338 e. The van der Waals surface area contributed by atoms with Crippen LogP contribution in [0, 0.1) is 0 Å². The topological polar surface area (TPSA) is 88.9 Å². The predicted molar refractivity (Wildman–Crippen MR) is 58.4 cm³/mol. The van der Waals surface area contributed by atoms with E-state index >= 15 is 0 Å². The van der Waals surface area contributed by atoms with Gasteiger partial charge >= 0.3 is 5.97 Å². The molecule has 0 aliphatic heterocycles. The highest BCUT2D eigenvalue weighted by molar-refractivity contribution is 5.75. The summed E-state index contributed by atoms with van der Waals surface area (Å²) in [5.41, 5.74) is 0.331. The van der Waals surface area contributed by atoms with E-state index in [1.165, 1.54) is 25.4 Å². The number of aliphatic hydroxyl groups is 2. The molecule has 0 radical (unpaired) electrons. The Labute approximate surface area is 98.8 Å². The van der Waals surface area contributed by atoms with Gasteiger partial charge in [0.1, 0.15) is 6.10 Å². The van der Waals surface area contributed by atoms with Gasteiger partial charge in [-0.15, -0.1) is 0 Å². The molecule has 2 unspecified atom stereocenters. The molecule has 0 aliphatic rings. The Morgan fingerprint density at radius 3 is 2.82 bits per heavy atom. The highest BCUT2D eigenvalue weighted by Gasteiger charge is 2.27. The first kappa shape index (κ1) is 13.4. The van der Waals surface area contributed by atoms with Gasteiger partial charge in [-0.3, -0.25) is 0 Å². The van der Waals surface area contributed by atoms with E-state index in [9.17, 15) is 15.0 Å². The van der Waals surface area contributed by atoms with E-state index in [-0.39, 0.29) is 12.5 Å². The van der Waals surface area contributed by atoms with Crippen LogP contribution in [0.5, 0.6) is 5.88 Å². The first-order chi connectivity index (χ1) is 8.10. The molecule has 94 valence electrons. The van der Waals surface area contributed by atoms with Crippen molar-refractivity contribution in [2.24, 2.45) is 0 Å². The molecule has 2 atom stereocenters. The van der Waals surface area contributed by atoms with Crippen molar-refractivity contribution in [2.75, 3.05) is 13.7 Å². The lowest BCUT2D eigenvalue weighted by atomic mass is 10.1. The molecule has 1 heterocycles. The summed E-state index contributed by atoms with van der Waals surface area (Å²) in [6.45, 7) is 1.76. The zero-order valence-electron chi connectivity index (χ0n) is 9.66. The molecule has 0 aromatic carbocycles. The number of carbonyl (C=O) groups is 1. The van der Waals surface area contributed by atoms with Gasteiger partial charge in [0.2, 0.25) is 5.88 Å². The zero-order chi connectivity index (χ0) is 12.8. The van der Waals surface area contributed by atoms with Crippen molar-refractivity contribution in [3.05, 3.63) is 23.9 Å². The van der Waals surface area contributed by atoms with Crippen LogP contribution in [0.25, 0.3) is 0 Å². The van der Waals surface area contributed by atoms with Gasteiger partial charge in [0.15, 0.2) is 6.10 Å². The largest absolute Gasteiger partial charge is 0.481 e. The van der Waals surface area contributed by atoms with Crippen LogP contribution in [0.4, 0.5) is 0 Å². The summed E-state index contributed by atoms with van der Waals surface area (Å²) >= 11 is 0. The summed E-state index contributed by atoms with van der Waals surface area (Å²) in [6, 6.07) is 2.92. The third-order valence-corrected chi connectivity index (χ3v) is 2.14. The number of pyridine rings is 1. The van der Waals surface area contributed by atoms with E-state index in [1.54, 1.807) is 6.92 Å². The van der Waals surface area contributed by atoms with Gasteiger partial charge < -0.3 is 19.7 Å². The van der Waals surface area contributed by atoms with Gasteiger partial charge in [0.25, 0.3) is 0 Å². The minimum Gasteiger partial charge on any atom is -0.481 e. The third kappa shape index (κ3) is 3.40. The van der Waals surface area contributed by atoms with Crippen LogP contribution in [-0.2, 0) is 9.53 Å². The molecule has 0 saturated carbocycles. The van der Waals surface area contributed by atoms with Gasteiger partial charge in [-0.2, -0.15) is 0 Å². The van der Waals surface area contributed by atoms with Crippen LogP contribution in [0.1, 0.15) is 18.6 Å². The molecule has 0 amide bonds. The van der Waals surface area contributed by atoms with Gasteiger partial charge in [0, 0.05) is 12.3 Å². The lowest BCUT2D eigenvalue weighted by Crippen LogP contribution is -2.29. The smallest absolute Gasteiger partial charge is 0.338 e. The minimum absolute atomic E-state index is 0.141. The maximum atomic E-state index is 11.2. The standard InChI is InChI=1S/C11H15NO5/c1-3-17-11(15)10(14)9(13)7-4-5-12-8(6-7)16-2/h4-6,9-10,13-14H,3H2,1-2H3. The first-order valence-electron chi connectivity index (χ1n) is 5.12. The van der Waals surface area contributed by atoms with E-state index in [0.29, 0.717) is 5.56 Å². The minimum atomic E-state index is -1.62. The van der Waals surface area contributed by atoms with E-state index in [0.717, 1.165) is 0 Å². The van der Waals surface area contributed by atoms with E-state index in [1.807, 2.05) is 0 Å². The summed E-state index contributed by atoms with van der Waals surface area (Å²) in [4.78, 5) is 15.1. The molecule has 0 spiro atoms. The quantitative estimate of drug-likeness (QED) is 0.708. The summed E-state index contributed by atoms with van der Waals surface area (Å²) in [7, 11) is 1.43. The number of methoxy groups -OCH3 is 1. The number of nitrogens with zero attached hydrogens (tertiary/aromatic N) is 1. The number of ether oxygens (including phenoxy) is 2. The van der Waals surface area contributed by atoms with Crippen LogP contribution >= 0.6 is 0 Å². The SMILES string of the molecule is CCOC(=O)C(O)C(O)c1ccnc(OC)c1. The summed E-state index contributed by atoms with van der Waals surface area (Å²) in [6.07, 6.45) is -1.58. The Morgan fingerprint density at radius 1 is 1.53 bits per heavy atom. The highest BCUT2D eigenvalue weighted by atomic mass is 16.5. The van der Waals surface area contributed by atoms with E-state index < -0.39 is 18.2 Å². The number of hydrogen-bond acceptors (Lipinski definition) is 6. The molecular formula is C11H15NO5. The molecule has 6 heteroatoms. The Balaban J connectivity index is 2.80. The molecular weight excluding hydrogens is 226 g/mol. The third-order valence-electron chi connectivity index (χ3n) is 2.14. The molecule has 2 N–H and O–H groups in total. The maximum absolute atomic E-state index is 11.2. The van der Waals surface area contributed by atoms with Gasteiger partial charge in [-0.1, -0.05) is 0 Å². The van der Waals surface area contributed by atoms with Gasteiger partial charge in [-0.05, 0) is 18.6 Å². The number of aromatic nitrogens is 1. The second-order valence-corrected chi connectivity index (χ2v) is 3.27. The van der Waals surface area contributed by atoms with E-state index in [4.69, 9.17) is 4.74 Å². The molecule has 1 aromatic heterocycles. The lowest BCUT2D eigenvalue weighted by molar-refractivity contribution is -0.159. The van der Waals surface area contributed by atoms with Crippen molar-refractivity contribution < 1.29 is 24.5 Å². The van der Waals surface area contributed by atoms with Crippen molar-refractivity contribution >= 4 is 5.97 Å². The second kappa shape index (κ2) is 6.17. The van der Waals surface area contributed by atoms with Crippen molar-refractivity contribution in [3.63, 3.8) is 0 Å². The zero-order valence-corrected chi connectivity index (χ0v) is 9.66. The van der Waals surface area contributed by atoms with Crippen LogP contribution in [0.2, 0.25) is 0 Å². The molecule has 17 heavy (non-hydrogen) atoms. The molecule has 1 rings (SSSR count). The summed E-state index contributed by atoms with van der Waals surface area (Å²) in [5.74, 6) is -0.576. The molecule has 0 saturated heterocycles. The Bertz CT molecular complexity index is 382. The Morgan fingerprint density at radius 2 is 2.24 bits per heavy atom. The van der Waals surface area contributed by atoms with Gasteiger partial charge in [0.05, 0.1) is 13.7 Å². The second-order valence-electron chi connectivity index (χ2n) is 3.27. The van der Waals surface area contributed by atoms with Crippen molar-refractivity contribution in [1.29, 1.82) is 0 Å². The molecule has 1 aromatic rings. The summed E-state index contributed by atoms with van der Waals surface area (Å²) in [5, 5.41) is 19.3. The fraction of sp³-hybridized carbons (Fsp3) is 0.455. The van der Waals surface area contributed by atoms with Crippen molar-refractivity contribution in [3.8, 4) is 5.88 Å². The van der Waals surface area contributed by atoms with Crippen LogP contribution < -0.4 is 4.74 Å². The number of hydrogen-bond donors (Lipinski definition) is 2. The Kier molecular flexibility index (Phi) is 4.86. The van der Waals surface area contributed by atoms with Gasteiger partial charge in [-0.25, -0.2) is 9.78 Å². The van der Waals surface area contributed by atoms with E-state index in [2.05, 4.69) is 9.72 Å². The average Bonchev–Trinajstić information content (AvgIpc) is 2.37. The average molecular weight is 241 g/mol. The molecule has 0 bridgehead atoms. The van der Waals surface area contributed by atoms with Crippen molar-refractivity contribution in [1.82, 2.24) is 4.98 Å². The monoisotopic (exact) mass is 241 g/mol. The molecule has 6 nitrogen and oxygen atoms in total. The fourth-order valence-electron chi connectivity index (χ4n) is 1.26. The van der Waals surface area contributed by atoms with Crippen LogP contribution in [0.3, 0.4) is 0 Å². The molecule has 0 aliphatic carbocycles. The summed E-state index contributed by atoms with van der Waals surface area (Å²) < 4.78 is 9.48. The normalized spacial score (nSPS) is 13.9. The first-order valence-corrected chi connectivity index (χ1v) is 5.12. The highest BCUT2D eigenvalue weighted by Crippen LogP contribution is 2.20. The van der Waals surface area contributed by atoms with Crippen molar-refractivity contribution in [2.45, 2.75) is 19.1 Å². The van der Waals surface area contributed by atoms with Crippen LogP contribution in [-0.4, -0.2) is 41.0 Å². The predicted octanol–water partition coefficient (Wildman–Crippen LogP) is 0.0476. The van der Waals surface area contributed by atoms with Crippen LogP contribution in [0.15, 0.2) is 18.3 Å². The lowest BCUT2D eigenvalue weighted by Gasteiger charge is -2.16. The fourth-order valence-corrected chi connectivity index (χ4v) is 1.26. The number of carbonyl (C=O) groups excluding carboxylic acids is 1. The number of aliphatic hydroxyl groups excluding tert-OH is 2.